The molecule has 0 radical (unpaired) electrons. The van der Waals surface area contributed by atoms with Gasteiger partial charge in [0, 0.05) is 16.7 Å². The van der Waals surface area contributed by atoms with Crippen LogP contribution in [0.2, 0.25) is 0 Å². The standard InChI is InChI=1S/C10H12FNO6/c11-18-10(15)7-17-6-5-16-4-3-12-8(13)1-2-9(12)14/h1-2H,3-7H2. The second kappa shape index (κ2) is 7.51. The van der Waals surface area contributed by atoms with Crippen LogP contribution in [-0.4, -0.2) is 55.7 Å². The Hall–Kier alpha value is -1.80. The van der Waals surface area contributed by atoms with Gasteiger partial charge < -0.3 is 9.47 Å². The maximum atomic E-state index is 11.2. The van der Waals surface area contributed by atoms with E-state index in [2.05, 4.69) is 4.94 Å². The first kappa shape index (κ1) is 14.3. The number of imide groups is 1. The third-order valence-electron chi connectivity index (χ3n) is 2.04. The van der Waals surface area contributed by atoms with Crippen molar-refractivity contribution in [3.8, 4) is 0 Å². The quantitative estimate of drug-likeness (QED) is 0.427. The van der Waals surface area contributed by atoms with Gasteiger partial charge in [0.05, 0.1) is 26.4 Å². The molecule has 2 amide bonds. The summed E-state index contributed by atoms with van der Waals surface area (Å²) in [7, 11) is 0. The molecule has 1 aliphatic rings. The van der Waals surface area contributed by atoms with E-state index >= 15 is 0 Å². The van der Waals surface area contributed by atoms with Crippen molar-refractivity contribution in [1.82, 2.24) is 4.90 Å². The zero-order valence-corrected chi connectivity index (χ0v) is 9.46. The number of rotatable bonds is 8. The molecule has 0 spiro atoms. The van der Waals surface area contributed by atoms with Crippen LogP contribution in [0.4, 0.5) is 4.53 Å². The van der Waals surface area contributed by atoms with Gasteiger partial charge in [0.15, 0.2) is 0 Å². The van der Waals surface area contributed by atoms with E-state index in [9.17, 15) is 18.9 Å². The highest BCUT2D eigenvalue weighted by molar-refractivity contribution is 6.12. The molecule has 0 bridgehead atoms. The summed E-state index contributed by atoms with van der Waals surface area (Å²) in [6, 6.07) is 0. The molecule has 100 valence electrons. The summed E-state index contributed by atoms with van der Waals surface area (Å²) in [5.74, 6) is -1.86. The lowest BCUT2D eigenvalue weighted by Gasteiger charge is -2.13. The number of halogens is 1. The van der Waals surface area contributed by atoms with Crippen LogP contribution in [0.5, 0.6) is 0 Å². The number of carbonyl (C=O) groups is 3. The summed E-state index contributed by atoms with van der Waals surface area (Å²) in [6.45, 7) is 0.0542. The summed E-state index contributed by atoms with van der Waals surface area (Å²) in [4.78, 5) is 36.4. The number of ether oxygens (including phenoxy) is 2. The van der Waals surface area contributed by atoms with Crippen LogP contribution in [0.15, 0.2) is 12.2 Å². The van der Waals surface area contributed by atoms with E-state index in [0.29, 0.717) is 0 Å². The molecule has 0 aromatic carbocycles. The Morgan fingerprint density at radius 1 is 1.11 bits per heavy atom. The van der Waals surface area contributed by atoms with Crippen LogP contribution in [0.25, 0.3) is 0 Å². The molecule has 0 aromatic heterocycles. The highest BCUT2D eigenvalue weighted by Gasteiger charge is 2.22. The summed E-state index contributed by atoms with van der Waals surface area (Å²) in [5, 5.41) is 0. The third kappa shape index (κ3) is 4.60. The maximum absolute atomic E-state index is 11.2. The Balaban J connectivity index is 1.98. The van der Waals surface area contributed by atoms with Crippen molar-refractivity contribution >= 4 is 17.8 Å². The van der Waals surface area contributed by atoms with Gasteiger partial charge in [-0.05, 0) is 0 Å². The second-order valence-electron chi connectivity index (χ2n) is 3.28. The molecule has 18 heavy (non-hydrogen) atoms. The molecule has 8 heteroatoms. The van der Waals surface area contributed by atoms with E-state index in [1.54, 1.807) is 0 Å². The van der Waals surface area contributed by atoms with Crippen LogP contribution in [0, 0.1) is 0 Å². The fourth-order valence-electron chi connectivity index (χ4n) is 1.21. The predicted molar refractivity (Wildman–Crippen MR) is 54.7 cm³/mol. The molecule has 1 rings (SSSR count). The number of amides is 2. The number of hydrogen-bond donors (Lipinski definition) is 0. The molecular weight excluding hydrogens is 249 g/mol. The molecule has 0 saturated heterocycles. The molecule has 0 aromatic rings. The van der Waals surface area contributed by atoms with Crippen molar-refractivity contribution < 1.29 is 33.3 Å². The highest BCUT2D eigenvalue weighted by Crippen LogP contribution is 2.02. The fourth-order valence-corrected chi connectivity index (χ4v) is 1.21. The smallest absolute Gasteiger partial charge is 0.374 e. The largest absolute Gasteiger partial charge is 0.377 e. The topological polar surface area (TPSA) is 82.1 Å². The van der Waals surface area contributed by atoms with Crippen LogP contribution in [-0.2, 0) is 28.8 Å². The van der Waals surface area contributed by atoms with Crippen LogP contribution >= 0.6 is 0 Å². The van der Waals surface area contributed by atoms with Gasteiger partial charge in [-0.25, -0.2) is 4.79 Å². The third-order valence-corrected chi connectivity index (χ3v) is 2.04. The maximum Gasteiger partial charge on any atom is 0.374 e. The van der Waals surface area contributed by atoms with Gasteiger partial charge in [0.25, 0.3) is 11.8 Å². The molecule has 0 aliphatic carbocycles. The number of nitrogens with zero attached hydrogens (tertiary/aromatic N) is 1. The van der Waals surface area contributed by atoms with Gasteiger partial charge in [-0.1, -0.05) is 0 Å². The van der Waals surface area contributed by atoms with E-state index in [1.807, 2.05) is 0 Å². The Kier molecular flexibility index (Phi) is 5.95. The van der Waals surface area contributed by atoms with Gasteiger partial charge in [0.2, 0.25) is 0 Å². The van der Waals surface area contributed by atoms with Crippen molar-refractivity contribution in [2.24, 2.45) is 0 Å². The molecule has 0 atom stereocenters. The van der Waals surface area contributed by atoms with Crippen molar-refractivity contribution in [1.29, 1.82) is 0 Å². The van der Waals surface area contributed by atoms with E-state index in [0.717, 1.165) is 4.90 Å². The molecule has 0 fully saturated rings. The van der Waals surface area contributed by atoms with E-state index in [-0.39, 0.29) is 38.2 Å². The van der Waals surface area contributed by atoms with Crippen molar-refractivity contribution in [2.45, 2.75) is 0 Å². The summed E-state index contributed by atoms with van der Waals surface area (Å²) in [5.41, 5.74) is 0. The average Bonchev–Trinajstić information content (AvgIpc) is 2.68. The Morgan fingerprint density at radius 3 is 2.33 bits per heavy atom. The first-order valence-corrected chi connectivity index (χ1v) is 5.15. The van der Waals surface area contributed by atoms with E-state index < -0.39 is 12.6 Å². The lowest BCUT2D eigenvalue weighted by molar-refractivity contribution is -0.189. The molecule has 0 unspecified atom stereocenters. The van der Waals surface area contributed by atoms with Crippen molar-refractivity contribution in [3.05, 3.63) is 12.2 Å². The molecule has 1 heterocycles. The summed E-state index contributed by atoms with van der Waals surface area (Å²) in [6.07, 6.45) is 2.38. The van der Waals surface area contributed by atoms with Gasteiger partial charge in [-0.2, -0.15) is 0 Å². The second-order valence-corrected chi connectivity index (χ2v) is 3.28. The lowest BCUT2D eigenvalue weighted by atomic mass is 10.5. The minimum absolute atomic E-state index is 0.0786. The summed E-state index contributed by atoms with van der Waals surface area (Å²) < 4.78 is 21.0. The van der Waals surface area contributed by atoms with Crippen molar-refractivity contribution in [3.63, 3.8) is 0 Å². The predicted octanol–water partition coefficient (Wildman–Crippen LogP) is -0.628. The Morgan fingerprint density at radius 2 is 1.72 bits per heavy atom. The normalized spacial score (nSPS) is 14.4. The molecular formula is C10H12FNO6. The van der Waals surface area contributed by atoms with Crippen LogP contribution in [0.1, 0.15) is 0 Å². The molecule has 0 saturated carbocycles. The monoisotopic (exact) mass is 261 g/mol. The number of carbonyl (C=O) groups excluding carboxylic acids is 3. The zero-order valence-electron chi connectivity index (χ0n) is 9.46. The van der Waals surface area contributed by atoms with Gasteiger partial charge in [-0.3, -0.25) is 19.4 Å². The van der Waals surface area contributed by atoms with Crippen molar-refractivity contribution in [2.75, 3.05) is 33.0 Å². The molecule has 1 aliphatic heterocycles. The SMILES string of the molecule is O=C(COCCOCCN1C(=O)C=CC1=O)OF. The highest BCUT2D eigenvalue weighted by atomic mass is 19.3. The first-order valence-electron chi connectivity index (χ1n) is 5.15. The zero-order chi connectivity index (χ0) is 13.4. The fraction of sp³-hybridized carbons (Fsp3) is 0.500. The summed E-state index contributed by atoms with van der Waals surface area (Å²) >= 11 is 0. The Bertz CT molecular complexity index is 338. The molecule has 7 nitrogen and oxygen atoms in total. The lowest BCUT2D eigenvalue weighted by Crippen LogP contribution is -2.33. The molecule has 0 N–H and O–H groups in total. The van der Waals surface area contributed by atoms with Crippen LogP contribution in [0.3, 0.4) is 0 Å². The van der Waals surface area contributed by atoms with Gasteiger partial charge in [0.1, 0.15) is 6.61 Å². The number of hydrogen-bond acceptors (Lipinski definition) is 6. The minimum atomic E-state index is -1.12. The van der Waals surface area contributed by atoms with Crippen LogP contribution < -0.4 is 0 Å². The van der Waals surface area contributed by atoms with Gasteiger partial charge >= 0.3 is 5.97 Å². The van der Waals surface area contributed by atoms with E-state index in [4.69, 9.17) is 9.47 Å². The average molecular weight is 261 g/mol. The van der Waals surface area contributed by atoms with Gasteiger partial charge in [-0.15, -0.1) is 0 Å². The minimum Gasteiger partial charge on any atom is -0.377 e. The first-order chi connectivity index (χ1) is 8.65. The van der Waals surface area contributed by atoms with E-state index in [1.165, 1.54) is 12.2 Å². The Labute approximate surface area is 102 Å².